The van der Waals surface area contributed by atoms with Gasteiger partial charge in [-0.1, -0.05) is 0 Å². The molecular formula is C15H23NNa2O15S. The van der Waals surface area contributed by atoms with Crippen molar-refractivity contribution in [1.82, 2.24) is 5.32 Å². The van der Waals surface area contributed by atoms with Crippen LogP contribution in [0.25, 0.3) is 0 Å². The van der Waals surface area contributed by atoms with Gasteiger partial charge in [0.2, 0.25) is 16.3 Å². The van der Waals surface area contributed by atoms with Crippen molar-refractivity contribution in [3.8, 4) is 0 Å². The second-order valence-electron chi connectivity index (χ2n) is 6.97. The Morgan fingerprint density at radius 3 is 2.06 bits per heavy atom. The summed E-state index contributed by atoms with van der Waals surface area (Å²) >= 11 is 0. The molecule has 0 radical (unpaired) electrons. The number of hydrogen-bond donors (Lipinski definition) is 5. The number of hydrogen-bond acceptors (Lipinski definition) is 15. The third-order valence-corrected chi connectivity index (χ3v) is 5.21. The van der Waals surface area contributed by atoms with Crippen LogP contribution in [0.2, 0.25) is 0 Å². The van der Waals surface area contributed by atoms with Gasteiger partial charge >= 0.3 is 59.1 Å². The van der Waals surface area contributed by atoms with Gasteiger partial charge in [-0.2, -0.15) is 0 Å². The van der Waals surface area contributed by atoms with E-state index in [1.165, 1.54) is 0 Å². The number of amides is 1. The zero-order valence-electron chi connectivity index (χ0n) is 18.7. The average Bonchev–Trinajstić information content (AvgIpc) is 2.68. The van der Waals surface area contributed by atoms with Crippen molar-refractivity contribution in [2.24, 2.45) is 0 Å². The molecule has 0 aromatic carbocycles. The molecule has 2 aliphatic rings. The Labute approximate surface area is 238 Å². The first kappa shape index (κ1) is 34.5. The molecule has 186 valence electrons. The maximum atomic E-state index is 11.7. The van der Waals surface area contributed by atoms with Crippen LogP contribution in [0.4, 0.5) is 0 Å². The molecule has 0 aromatic rings. The second-order valence-corrected chi connectivity index (χ2v) is 7.98. The number of carboxylic acids is 1. The van der Waals surface area contributed by atoms with Gasteiger partial charge in [-0.15, -0.1) is 0 Å². The molecule has 19 heteroatoms. The van der Waals surface area contributed by atoms with Crippen LogP contribution in [0.15, 0.2) is 0 Å². The monoisotopic (exact) mass is 535 g/mol. The molecule has 2 fully saturated rings. The third kappa shape index (κ3) is 8.52. The minimum Gasteiger partial charge on any atom is -0.726 e. The van der Waals surface area contributed by atoms with E-state index in [-0.39, 0.29) is 59.1 Å². The van der Waals surface area contributed by atoms with E-state index in [0.717, 1.165) is 14.0 Å². The molecule has 0 spiro atoms. The number of nitrogens with one attached hydrogen (secondary N) is 1. The van der Waals surface area contributed by atoms with Crippen LogP contribution in [0.3, 0.4) is 0 Å². The summed E-state index contributed by atoms with van der Waals surface area (Å²) in [7, 11) is -4.33. The van der Waals surface area contributed by atoms with Crippen molar-refractivity contribution in [2.45, 2.75) is 68.3 Å². The molecule has 2 rings (SSSR count). The molecule has 2 aliphatic heterocycles. The zero-order valence-corrected chi connectivity index (χ0v) is 23.5. The van der Waals surface area contributed by atoms with Gasteiger partial charge in [-0.3, -0.25) is 8.98 Å². The number of aliphatic carboxylic acids is 1. The van der Waals surface area contributed by atoms with E-state index in [2.05, 4.69) is 9.50 Å². The molecule has 5 N–H and O–H groups in total. The van der Waals surface area contributed by atoms with Gasteiger partial charge in [-0.05, 0) is 0 Å². The molecule has 2 heterocycles. The molecule has 10 atom stereocenters. The molecule has 16 nitrogen and oxygen atoms in total. The van der Waals surface area contributed by atoms with Gasteiger partial charge in [-0.25, -0.2) is 8.42 Å². The van der Waals surface area contributed by atoms with E-state index in [0.29, 0.717) is 0 Å². The summed E-state index contributed by atoms with van der Waals surface area (Å²) < 4.78 is 58.9. The minimum atomic E-state index is -5.45. The van der Waals surface area contributed by atoms with Crippen LogP contribution in [0.1, 0.15) is 6.92 Å². The maximum Gasteiger partial charge on any atom is 1.00 e. The molecule has 2 saturated heterocycles. The van der Waals surface area contributed by atoms with Crippen molar-refractivity contribution in [3.63, 3.8) is 0 Å². The summed E-state index contributed by atoms with van der Waals surface area (Å²) in [5, 5.41) is 52.9. The van der Waals surface area contributed by atoms with E-state index in [4.69, 9.17) is 18.9 Å². The van der Waals surface area contributed by atoms with Gasteiger partial charge in [0.05, 0.1) is 12.6 Å². The molecule has 0 unspecified atom stereocenters. The fraction of sp³-hybridized carbons (Fsp3) is 0.867. The molecule has 0 aromatic heterocycles. The summed E-state index contributed by atoms with van der Waals surface area (Å²) in [5.74, 6) is -2.69. The van der Waals surface area contributed by atoms with Gasteiger partial charge in [0, 0.05) is 14.0 Å². The number of carboxylic acid groups (broad SMARTS) is 1. The van der Waals surface area contributed by atoms with Gasteiger partial charge in [0.1, 0.15) is 48.8 Å². The Morgan fingerprint density at radius 2 is 1.62 bits per heavy atom. The largest absolute Gasteiger partial charge is 1.00 e. The van der Waals surface area contributed by atoms with Crippen molar-refractivity contribution < 1.29 is 130 Å². The number of carbonyl (C=O) groups excluding carboxylic acids is 2. The molecule has 1 amide bonds. The molecule has 0 saturated carbocycles. The number of rotatable bonds is 8. The smallest absolute Gasteiger partial charge is 0.726 e. The summed E-state index contributed by atoms with van der Waals surface area (Å²) in [6.45, 7) is 0.129. The minimum absolute atomic E-state index is 0. The van der Waals surface area contributed by atoms with Gasteiger partial charge in [0.25, 0.3) is 0 Å². The van der Waals surface area contributed by atoms with E-state index in [1.54, 1.807) is 0 Å². The van der Waals surface area contributed by atoms with E-state index < -0.39 is 90.2 Å². The average molecular weight is 535 g/mol. The fourth-order valence-corrected chi connectivity index (χ4v) is 3.87. The summed E-state index contributed by atoms with van der Waals surface area (Å²) in [5.41, 5.74) is 0. The maximum absolute atomic E-state index is 11.7. The van der Waals surface area contributed by atoms with E-state index >= 15 is 0 Å². The molecular weight excluding hydrogens is 512 g/mol. The number of carbonyl (C=O) groups is 2. The van der Waals surface area contributed by atoms with Crippen molar-refractivity contribution in [3.05, 3.63) is 0 Å². The first-order valence-electron chi connectivity index (χ1n) is 9.07. The van der Waals surface area contributed by atoms with E-state index in [1.807, 2.05) is 0 Å². The first-order chi connectivity index (χ1) is 14.8. The molecule has 0 bridgehead atoms. The number of aliphatic hydroxyl groups is 4. The Morgan fingerprint density at radius 1 is 1.03 bits per heavy atom. The van der Waals surface area contributed by atoms with Crippen molar-refractivity contribution in [1.29, 1.82) is 0 Å². The zero-order chi connectivity index (χ0) is 24.4. The Bertz CT molecular complexity index is 788. The van der Waals surface area contributed by atoms with Crippen molar-refractivity contribution >= 4 is 22.3 Å². The van der Waals surface area contributed by atoms with Crippen LogP contribution < -0.4 is 69.5 Å². The topological polar surface area (TPSA) is 253 Å². The Hall–Kier alpha value is 0.490. The normalized spacial score (nSPS) is 38.2. The number of ether oxygens (including phenoxy) is 4. The second kappa shape index (κ2) is 14.4. The molecule has 0 aliphatic carbocycles. The summed E-state index contributed by atoms with van der Waals surface area (Å²) in [6, 6.07) is -1.45. The fourth-order valence-electron chi connectivity index (χ4n) is 3.36. The number of methoxy groups -OCH3 is 1. The van der Waals surface area contributed by atoms with Crippen LogP contribution in [-0.2, 0) is 43.1 Å². The van der Waals surface area contributed by atoms with Crippen LogP contribution in [-0.4, -0.2) is 120 Å². The Kier molecular flexibility index (Phi) is 14.6. The van der Waals surface area contributed by atoms with Crippen LogP contribution >= 0.6 is 0 Å². The van der Waals surface area contributed by atoms with Gasteiger partial charge < -0.3 is 59.1 Å². The summed E-state index contributed by atoms with van der Waals surface area (Å²) in [6.07, 6.45) is -17.3. The predicted octanol–water partition coefficient (Wildman–Crippen LogP) is -12.3. The number of aliphatic hydroxyl groups excluding tert-OH is 4. The first-order valence-corrected chi connectivity index (χ1v) is 10.4. The van der Waals surface area contributed by atoms with Crippen molar-refractivity contribution in [2.75, 3.05) is 13.7 Å². The SMILES string of the molecule is CO[C@@H]1O[C@H](CO)[C@H](OS(=O)(=O)[O-])[C@H](O[C@@H]2O[C@H](C(=O)[O-])[C@@H](O)[C@H](O)[C@H]2O)[C@H]1NC(C)=O.[Na+].[Na+]. The van der Waals surface area contributed by atoms with E-state index in [9.17, 15) is 48.1 Å². The molecule has 34 heavy (non-hydrogen) atoms. The quantitative estimate of drug-likeness (QED) is 0.110. The van der Waals surface area contributed by atoms with Crippen LogP contribution in [0.5, 0.6) is 0 Å². The third-order valence-electron chi connectivity index (χ3n) is 4.75. The Balaban J connectivity index is 0.00000544. The van der Waals surface area contributed by atoms with Gasteiger partial charge in [0.15, 0.2) is 12.6 Å². The van der Waals surface area contributed by atoms with Crippen LogP contribution in [0, 0.1) is 0 Å². The standard InChI is InChI=1S/C15H25NO15S.2Na/c1-4(18)16-6-11(10(31-32(24,25)26)5(3-17)28-14(6)27-2)29-15-9(21)7(19)8(20)12(30-15)13(22)23;;/h5-12,14-15,17,19-21H,3H2,1-2H3,(H,16,18)(H,22,23)(H,24,25,26);;/q;2*+1/p-2/t5-,6-,7+,8+,9-,10+,11-,12+,14-,15-;;/m1../s1. The summed E-state index contributed by atoms with van der Waals surface area (Å²) in [4.78, 5) is 22.9. The predicted molar refractivity (Wildman–Crippen MR) is 91.5 cm³/mol.